The summed E-state index contributed by atoms with van der Waals surface area (Å²) in [5.41, 5.74) is 2.94. The van der Waals surface area contributed by atoms with Gasteiger partial charge in [0.15, 0.2) is 0 Å². The number of amides is 1. The molecule has 0 saturated carbocycles. The van der Waals surface area contributed by atoms with Crippen molar-refractivity contribution in [3.05, 3.63) is 52.0 Å². The first-order chi connectivity index (χ1) is 11.2. The highest BCUT2D eigenvalue weighted by atomic mass is 32.2. The van der Waals surface area contributed by atoms with Crippen LogP contribution in [0.3, 0.4) is 0 Å². The quantitative estimate of drug-likeness (QED) is 0.705. The number of carbonyl (C=O) groups excluding carboxylic acids is 1. The van der Waals surface area contributed by atoms with E-state index in [4.69, 9.17) is 0 Å². The molecule has 2 aromatic heterocycles. The fourth-order valence-corrected chi connectivity index (χ4v) is 3.78. The van der Waals surface area contributed by atoms with Gasteiger partial charge in [-0.15, -0.1) is 11.3 Å². The highest BCUT2D eigenvalue weighted by Gasteiger charge is 2.20. The van der Waals surface area contributed by atoms with Crippen molar-refractivity contribution in [2.24, 2.45) is 0 Å². The van der Waals surface area contributed by atoms with Gasteiger partial charge in [0.05, 0.1) is 22.0 Å². The van der Waals surface area contributed by atoms with Crippen LogP contribution in [-0.4, -0.2) is 27.9 Å². The number of fused-ring (bicyclic) bond motifs is 1. The number of thiophene rings is 1. The van der Waals surface area contributed by atoms with Crippen LogP contribution in [0.5, 0.6) is 0 Å². The number of hydrogen-bond acceptors (Lipinski definition) is 4. The summed E-state index contributed by atoms with van der Waals surface area (Å²) in [5, 5.41) is 5.08. The van der Waals surface area contributed by atoms with Crippen molar-refractivity contribution in [3.63, 3.8) is 0 Å². The SMILES string of the molecule is CSCCC(NC(=O)c1sccc1C)c1nc2ccccc2[nH]1. The Morgan fingerprint density at radius 1 is 1.39 bits per heavy atom. The second-order valence-corrected chi connectivity index (χ2v) is 7.28. The average Bonchev–Trinajstić information content (AvgIpc) is 3.16. The Kier molecular flexibility index (Phi) is 5.03. The Morgan fingerprint density at radius 3 is 2.91 bits per heavy atom. The number of aryl methyl sites for hydroxylation is 1. The number of aromatic nitrogens is 2. The van der Waals surface area contributed by atoms with E-state index >= 15 is 0 Å². The molecule has 0 aliphatic rings. The normalized spacial score (nSPS) is 12.4. The average molecular weight is 345 g/mol. The Morgan fingerprint density at radius 2 is 2.22 bits per heavy atom. The summed E-state index contributed by atoms with van der Waals surface area (Å²) in [6.45, 7) is 1.96. The Bertz CT molecular complexity index is 776. The van der Waals surface area contributed by atoms with E-state index in [9.17, 15) is 4.79 Å². The number of nitrogens with one attached hydrogen (secondary N) is 2. The largest absolute Gasteiger partial charge is 0.341 e. The molecular formula is C17H19N3OS2. The summed E-state index contributed by atoms with van der Waals surface area (Å²) in [4.78, 5) is 21.3. The van der Waals surface area contributed by atoms with Gasteiger partial charge in [-0.2, -0.15) is 11.8 Å². The van der Waals surface area contributed by atoms with Gasteiger partial charge in [-0.05, 0) is 54.5 Å². The van der Waals surface area contributed by atoms with E-state index in [1.54, 1.807) is 11.8 Å². The molecule has 1 amide bonds. The number of hydrogen-bond donors (Lipinski definition) is 2. The lowest BCUT2D eigenvalue weighted by Crippen LogP contribution is -2.29. The second-order valence-electron chi connectivity index (χ2n) is 5.38. The molecule has 0 saturated heterocycles. The lowest BCUT2D eigenvalue weighted by atomic mass is 10.2. The maximum Gasteiger partial charge on any atom is 0.262 e. The van der Waals surface area contributed by atoms with E-state index < -0.39 is 0 Å². The molecule has 1 unspecified atom stereocenters. The lowest BCUT2D eigenvalue weighted by Gasteiger charge is -2.16. The van der Waals surface area contributed by atoms with Crippen molar-refractivity contribution in [1.82, 2.24) is 15.3 Å². The van der Waals surface area contributed by atoms with Gasteiger partial charge in [0.25, 0.3) is 5.91 Å². The molecule has 2 heterocycles. The molecule has 1 atom stereocenters. The van der Waals surface area contributed by atoms with Gasteiger partial charge in [0.1, 0.15) is 5.82 Å². The minimum Gasteiger partial charge on any atom is -0.341 e. The van der Waals surface area contributed by atoms with Crippen molar-refractivity contribution in [2.45, 2.75) is 19.4 Å². The molecule has 0 radical (unpaired) electrons. The number of carbonyl (C=O) groups is 1. The minimum absolute atomic E-state index is 0.0240. The summed E-state index contributed by atoms with van der Waals surface area (Å²) < 4.78 is 0. The Balaban J connectivity index is 1.85. The molecule has 2 N–H and O–H groups in total. The number of H-pyrrole nitrogens is 1. The van der Waals surface area contributed by atoms with Crippen molar-refractivity contribution < 1.29 is 4.79 Å². The molecule has 4 nitrogen and oxygen atoms in total. The third-order valence-electron chi connectivity index (χ3n) is 3.72. The molecular weight excluding hydrogens is 326 g/mol. The van der Waals surface area contributed by atoms with E-state index in [1.807, 2.05) is 42.6 Å². The standard InChI is InChI=1S/C17H19N3OS2/c1-11-7-10-23-15(11)17(21)20-14(8-9-22-2)16-18-12-5-3-4-6-13(12)19-16/h3-7,10,14H,8-9H2,1-2H3,(H,18,19)(H,20,21). The van der Waals surface area contributed by atoms with Crippen LogP contribution < -0.4 is 5.32 Å². The van der Waals surface area contributed by atoms with Crippen LogP contribution in [-0.2, 0) is 0 Å². The molecule has 6 heteroatoms. The molecule has 23 heavy (non-hydrogen) atoms. The van der Waals surface area contributed by atoms with Gasteiger partial charge in [-0.3, -0.25) is 4.79 Å². The first-order valence-electron chi connectivity index (χ1n) is 7.47. The highest BCUT2D eigenvalue weighted by molar-refractivity contribution is 7.98. The molecule has 0 bridgehead atoms. The maximum atomic E-state index is 12.5. The zero-order valence-electron chi connectivity index (χ0n) is 13.1. The van der Waals surface area contributed by atoms with Crippen molar-refractivity contribution in [3.8, 4) is 0 Å². The number of aromatic amines is 1. The summed E-state index contributed by atoms with van der Waals surface area (Å²) in [6.07, 6.45) is 2.91. The molecule has 3 aromatic rings. The zero-order valence-corrected chi connectivity index (χ0v) is 14.8. The third-order valence-corrected chi connectivity index (χ3v) is 5.38. The summed E-state index contributed by atoms with van der Waals surface area (Å²) in [5.74, 6) is 1.76. The van der Waals surface area contributed by atoms with E-state index in [-0.39, 0.29) is 11.9 Å². The summed E-state index contributed by atoms with van der Waals surface area (Å²) in [6, 6.07) is 9.79. The van der Waals surface area contributed by atoms with Crippen LogP contribution in [0.15, 0.2) is 35.7 Å². The van der Waals surface area contributed by atoms with E-state index in [2.05, 4.69) is 21.5 Å². The van der Waals surface area contributed by atoms with Crippen LogP contribution in [0.1, 0.15) is 33.5 Å². The van der Waals surface area contributed by atoms with Crippen LogP contribution in [0, 0.1) is 6.92 Å². The number of para-hydroxylation sites is 2. The van der Waals surface area contributed by atoms with E-state index in [1.165, 1.54) is 11.3 Å². The fraction of sp³-hybridized carbons (Fsp3) is 0.294. The molecule has 0 spiro atoms. The lowest BCUT2D eigenvalue weighted by molar-refractivity contribution is 0.0938. The smallest absolute Gasteiger partial charge is 0.262 e. The molecule has 0 fully saturated rings. The van der Waals surface area contributed by atoms with Gasteiger partial charge in [-0.25, -0.2) is 4.98 Å². The van der Waals surface area contributed by atoms with E-state index in [0.717, 1.165) is 39.5 Å². The summed E-state index contributed by atoms with van der Waals surface area (Å²) >= 11 is 3.24. The summed E-state index contributed by atoms with van der Waals surface area (Å²) in [7, 11) is 0. The predicted octanol–water partition coefficient (Wildman–Crippen LogP) is 4.16. The number of rotatable bonds is 6. The third kappa shape index (κ3) is 3.59. The Hall–Kier alpha value is -1.79. The topological polar surface area (TPSA) is 57.8 Å². The maximum absolute atomic E-state index is 12.5. The van der Waals surface area contributed by atoms with Gasteiger partial charge < -0.3 is 10.3 Å². The van der Waals surface area contributed by atoms with Gasteiger partial charge in [-0.1, -0.05) is 12.1 Å². The highest BCUT2D eigenvalue weighted by Crippen LogP contribution is 2.22. The van der Waals surface area contributed by atoms with Gasteiger partial charge in [0.2, 0.25) is 0 Å². The monoisotopic (exact) mass is 345 g/mol. The van der Waals surface area contributed by atoms with Crippen LogP contribution in [0.2, 0.25) is 0 Å². The van der Waals surface area contributed by atoms with Gasteiger partial charge >= 0.3 is 0 Å². The Labute approximate surface area is 143 Å². The van der Waals surface area contributed by atoms with Crippen LogP contribution >= 0.6 is 23.1 Å². The van der Waals surface area contributed by atoms with Crippen LogP contribution in [0.4, 0.5) is 0 Å². The second kappa shape index (κ2) is 7.19. The first-order valence-corrected chi connectivity index (χ1v) is 9.75. The van der Waals surface area contributed by atoms with E-state index in [0.29, 0.717) is 0 Å². The fourth-order valence-electron chi connectivity index (χ4n) is 2.48. The predicted molar refractivity (Wildman–Crippen MR) is 98.4 cm³/mol. The first kappa shape index (κ1) is 16.1. The number of imidazole rings is 1. The van der Waals surface area contributed by atoms with Gasteiger partial charge in [0, 0.05) is 0 Å². The molecule has 0 aliphatic carbocycles. The molecule has 3 rings (SSSR count). The molecule has 0 aliphatic heterocycles. The minimum atomic E-state index is -0.108. The van der Waals surface area contributed by atoms with Crippen molar-refractivity contribution in [2.75, 3.05) is 12.0 Å². The number of benzene rings is 1. The molecule has 1 aromatic carbocycles. The zero-order chi connectivity index (χ0) is 16.2. The van der Waals surface area contributed by atoms with Crippen LogP contribution in [0.25, 0.3) is 11.0 Å². The van der Waals surface area contributed by atoms with Crippen molar-refractivity contribution in [1.29, 1.82) is 0 Å². The molecule has 120 valence electrons. The number of nitrogens with zero attached hydrogens (tertiary/aromatic N) is 1. The van der Waals surface area contributed by atoms with Crippen molar-refractivity contribution >= 4 is 40.0 Å². The number of thioether (sulfide) groups is 1.